The summed E-state index contributed by atoms with van der Waals surface area (Å²) in [7, 11) is 0. The maximum absolute atomic E-state index is 12.4. The summed E-state index contributed by atoms with van der Waals surface area (Å²) in [6.45, 7) is 6.34. The van der Waals surface area contributed by atoms with Crippen LogP contribution in [0.2, 0.25) is 0 Å². The Bertz CT molecular complexity index is 311. The van der Waals surface area contributed by atoms with Crippen LogP contribution in [0.4, 0.5) is 0 Å². The Kier molecular flexibility index (Phi) is 5.85. The first kappa shape index (κ1) is 15.8. The lowest BCUT2D eigenvalue weighted by Crippen LogP contribution is -2.58. The molecule has 4 nitrogen and oxygen atoms in total. The number of hydrogen-bond donors (Lipinski definition) is 1. The smallest absolute Gasteiger partial charge is 0.329 e. The maximum atomic E-state index is 12.4. The lowest BCUT2D eigenvalue weighted by Gasteiger charge is -2.32. The summed E-state index contributed by atoms with van der Waals surface area (Å²) in [5, 5.41) is 3.37. The average molecular weight is 283 g/mol. The van der Waals surface area contributed by atoms with E-state index in [0.29, 0.717) is 25.0 Å². The Balaban J connectivity index is 1.91. The largest absolute Gasteiger partial charge is 0.465 e. The van der Waals surface area contributed by atoms with Crippen molar-refractivity contribution in [3.05, 3.63) is 0 Å². The summed E-state index contributed by atoms with van der Waals surface area (Å²) in [4.78, 5) is 12.4. The molecule has 2 aliphatic carbocycles. The molecule has 0 heterocycles. The van der Waals surface area contributed by atoms with E-state index < -0.39 is 5.54 Å². The highest BCUT2D eigenvalue weighted by atomic mass is 16.5. The number of hydrogen-bond acceptors (Lipinski definition) is 4. The van der Waals surface area contributed by atoms with Gasteiger partial charge in [-0.1, -0.05) is 19.8 Å². The molecular weight excluding hydrogens is 254 g/mol. The second-order valence-corrected chi connectivity index (χ2v) is 6.16. The van der Waals surface area contributed by atoms with Crippen molar-refractivity contribution >= 4 is 5.97 Å². The van der Waals surface area contributed by atoms with Gasteiger partial charge in [-0.15, -0.1) is 0 Å². The van der Waals surface area contributed by atoms with Crippen LogP contribution >= 0.6 is 0 Å². The van der Waals surface area contributed by atoms with E-state index in [9.17, 15) is 4.79 Å². The molecule has 0 aromatic carbocycles. The van der Waals surface area contributed by atoms with Gasteiger partial charge in [0.15, 0.2) is 0 Å². The fourth-order valence-electron chi connectivity index (χ4n) is 3.33. The van der Waals surface area contributed by atoms with Gasteiger partial charge in [-0.3, -0.25) is 5.32 Å². The summed E-state index contributed by atoms with van der Waals surface area (Å²) in [6, 6.07) is 0. The average Bonchev–Trinajstić information content (AvgIpc) is 3.16. The van der Waals surface area contributed by atoms with Gasteiger partial charge in [0.05, 0.1) is 13.2 Å². The van der Waals surface area contributed by atoms with Crippen LogP contribution in [0.25, 0.3) is 0 Å². The third kappa shape index (κ3) is 3.73. The van der Waals surface area contributed by atoms with Gasteiger partial charge < -0.3 is 9.47 Å². The van der Waals surface area contributed by atoms with E-state index in [2.05, 4.69) is 5.32 Å². The van der Waals surface area contributed by atoms with Gasteiger partial charge in [-0.25, -0.2) is 4.79 Å². The van der Waals surface area contributed by atoms with Crippen LogP contribution in [-0.4, -0.2) is 37.9 Å². The summed E-state index contributed by atoms with van der Waals surface area (Å²) in [5.41, 5.74) is -0.608. The van der Waals surface area contributed by atoms with Crippen molar-refractivity contribution in [2.45, 2.75) is 57.9 Å². The predicted octanol–water partition coefficient (Wildman–Crippen LogP) is 2.51. The third-order valence-electron chi connectivity index (χ3n) is 4.56. The molecule has 2 saturated carbocycles. The lowest BCUT2D eigenvalue weighted by molar-refractivity contribution is -0.156. The van der Waals surface area contributed by atoms with Crippen molar-refractivity contribution in [2.75, 3.05) is 26.4 Å². The Morgan fingerprint density at radius 3 is 2.45 bits per heavy atom. The molecule has 4 heteroatoms. The van der Waals surface area contributed by atoms with Crippen molar-refractivity contribution in [1.29, 1.82) is 0 Å². The molecule has 1 atom stereocenters. The highest BCUT2D eigenvalue weighted by molar-refractivity contribution is 5.82. The number of esters is 1. The van der Waals surface area contributed by atoms with Gasteiger partial charge in [0, 0.05) is 6.61 Å². The van der Waals surface area contributed by atoms with E-state index in [1.54, 1.807) is 0 Å². The predicted molar refractivity (Wildman–Crippen MR) is 78.5 cm³/mol. The van der Waals surface area contributed by atoms with Gasteiger partial charge in [-0.05, 0) is 51.0 Å². The molecule has 0 saturated heterocycles. The number of carbonyl (C=O) groups is 1. The number of likely N-dealkylation sites (N-methyl/N-ethyl adjacent to an activating group) is 1. The summed E-state index contributed by atoms with van der Waals surface area (Å²) in [5.74, 6) is 0.941. The quantitative estimate of drug-likeness (QED) is 0.661. The zero-order valence-electron chi connectivity index (χ0n) is 13.0. The molecule has 1 unspecified atom stereocenters. The van der Waals surface area contributed by atoms with Gasteiger partial charge >= 0.3 is 5.97 Å². The second kappa shape index (κ2) is 7.41. The first-order valence-electron chi connectivity index (χ1n) is 8.23. The fraction of sp³-hybridized carbons (Fsp3) is 0.938. The van der Waals surface area contributed by atoms with E-state index in [0.717, 1.165) is 26.0 Å². The van der Waals surface area contributed by atoms with Crippen LogP contribution in [0.3, 0.4) is 0 Å². The minimum Gasteiger partial charge on any atom is -0.465 e. The molecule has 116 valence electrons. The Morgan fingerprint density at radius 1 is 1.20 bits per heavy atom. The number of ether oxygens (including phenoxy) is 2. The molecule has 2 rings (SSSR count). The van der Waals surface area contributed by atoms with E-state index >= 15 is 0 Å². The van der Waals surface area contributed by atoms with Gasteiger partial charge in [0.2, 0.25) is 0 Å². The first-order chi connectivity index (χ1) is 9.73. The number of carbonyl (C=O) groups excluding carboxylic acids is 1. The minimum absolute atomic E-state index is 0.129. The fourth-order valence-corrected chi connectivity index (χ4v) is 3.33. The molecule has 0 radical (unpaired) electrons. The van der Waals surface area contributed by atoms with Gasteiger partial charge in [-0.2, -0.15) is 0 Å². The highest BCUT2D eigenvalue weighted by Gasteiger charge is 2.52. The zero-order chi connectivity index (χ0) is 14.4. The van der Waals surface area contributed by atoms with Crippen LogP contribution in [0.1, 0.15) is 52.4 Å². The molecule has 0 aromatic rings. The minimum atomic E-state index is -0.608. The topological polar surface area (TPSA) is 47.6 Å². The van der Waals surface area contributed by atoms with Gasteiger partial charge in [0.1, 0.15) is 5.54 Å². The first-order valence-corrected chi connectivity index (χ1v) is 8.23. The van der Waals surface area contributed by atoms with E-state index in [-0.39, 0.29) is 5.97 Å². The second-order valence-electron chi connectivity index (χ2n) is 6.16. The van der Waals surface area contributed by atoms with Crippen molar-refractivity contribution in [3.63, 3.8) is 0 Å². The molecule has 2 aliphatic rings. The summed E-state index contributed by atoms with van der Waals surface area (Å²) in [6.07, 6.45) is 7.39. The molecule has 0 aromatic heterocycles. The Hall–Kier alpha value is -0.610. The van der Waals surface area contributed by atoms with E-state index in [1.807, 2.05) is 13.8 Å². The molecule has 2 fully saturated rings. The van der Waals surface area contributed by atoms with E-state index in [4.69, 9.17) is 9.47 Å². The molecule has 20 heavy (non-hydrogen) atoms. The summed E-state index contributed by atoms with van der Waals surface area (Å²) >= 11 is 0. The standard InChI is InChI=1S/C16H29NO3/c1-3-17-16(14-9-10-14,15(18)20-4-2)12-19-11-13-7-5-6-8-13/h13-14,17H,3-12H2,1-2H3. The molecule has 0 bridgehead atoms. The normalized spacial score (nSPS) is 22.7. The van der Waals surface area contributed by atoms with Crippen molar-refractivity contribution in [3.8, 4) is 0 Å². The van der Waals surface area contributed by atoms with Crippen molar-refractivity contribution < 1.29 is 14.3 Å². The molecule has 0 spiro atoms. The zero-order valence-corrected chi connectivity index (χ0v) is 13.0. The molecular formula is C16H29NO3. The van der Waals surface area contributed by atoms with Crippen LogP contribution in [0, 0.1) is 11.8 Å². The number of nitrogens with one attached hydrogen (secondary N) is 1. The highest BCUT2D eigenvalue weighted by Crippen LogP contribution is 2.41. The molecule has 0 aliphatic heterocycles. The monoisotopic (exact) mass is 283 g/mol. The van der Waals surface area contributed by atoms with Crippen LogP contribution in [-0.2, 0) is 14.3 Å². The van der Waals surface area contributed by atoms with Crippen LogP contribution in [0.5, 0.6) is 0 Å². The van der Waals surface area contributed by atoms with Crippen LogP contribution < -0.4 is 5.32 Å². The van der Waals surface area contributed by atoms with Crippen LogP contribution in [0.15, 0.2) is 0 Å². The maximum Gasteiger partial charge on any atom is 0.329 e. The lowest BCUT2D eigenvalue weighted by atomic mass is 9.94. The van der Waals surface area contributed by atoms with Gasteiger partial charge in [0.25, 0.3) is 0 Å². The number of rotatable bonds is 9. The van der Waals surface area contributed by atoms with Crippen molar-refractivity contribution in [2.24, 2.45) is 11.8 Å². The Labute approximate surface area is 122 Å². The van der Waals surface area contributed by atoms with Crippen molar-refractivity contribution in [1.82, 2.24) is 5.32 Å². The summed E-state index contributed by atoms with van der Waals surface area (Å²) < 4.78 is 11.2. The SMILES string of the molecule is CCNC(COCC1CCCC1)(C(=O)OCC)C1CC1. The van der Waals surface area contributed by atoms with E-state index in [1.165, 1.54) is 25.7 Å². The Morgan fingerprint density at radius 2 is 1.90 bits per heavy atom. The molecule has 0 amide bonds. The third-order valence-corrected chi connectivity index (χ3v) is 4.56. The molecule has 1 N–H and O–H groups in total.